The van der Waals surface area contributed by atoms with Crippen LogP contribution in [0.25, 0.3) is 0 Å². The third-order valence-electron chi connectivity index (χ3n) is 3.14. The van der Waals surface area contributed by atoms with Gasteiger partial charge >= 0.3 is 0 Å². The summed E-state index contributed by atoms with van der Waals surface area (Å²) in [6, 6.07) is 7.00. The van der Waals surface area contributed by atoms with Crippen molar-refractivity contribution in [3.8, 4) is 0 Å². The molecule has 0 unspecified atom stereocenters. The van der Waals surface area contributed by atoms with Gasteiger partial charge in [0.2, 0.25) is 0 Å². The molecule has 1 saturated carbocycles. The van der Waals surface area contributed by atoms with Crippen molar-refractivity contribution in [2.75, 3.05) is 0 Å². The normalized spacial score (nSPS) is 15.0. The first-order chi connectivity index (χ1) is 8.78. The summed E-state index contributed by atoms with van der Waals surface area (Å²) in [5.74, 6) is 1.91. The minimum atomic E-state index is -0.219. The fourth-order valence-corrected chi connectivity index (χ4v) is 2.29. The Morgan fingerprint density at radius 2 is 1.83 bits per heavy atom. The molecule has 1 fully saturated rings. The van der Waals surface area contributed by atoms with E-state index in [1.54, 1.807) is 12.1 Å². The highest BCUT2D eigenvalue weighted by Crippen LogP contribution is 2.37. The Bertz CT molecular complexity index is 546. The molecule has 0 aliphatic heterocycles. The third-order valence-corrected chi connectivity index (χ3v) is 3.38. The molecule has 1 aromatic carbocycles. The smallest absolute Gasteiger partial charge is 0.148 e. The Kier molecular flexibility index (Phi) is 3.04. The second-order valence-electron chi connectivity index (χ2n) is 4.57. The lowest BCUT2D eigenvalue weighted by Crippen LogP contribution is -2.05. The van der Waals surface area contributed by atoms with Crippen molar-refractivity contribution in [1.82, 2.24) is 14.8 Å². The van der Waals surface area contributed by atoms with Crippen molar-refractivity contribution >= 4 is 11.6 Å². The number of rotatable bonds is 4. The van der Waals surface area contributed by atoms with E-state index in [9.17, 15) is 4.39 Å². The molecule has 1 aliphatic carbocycles. The van der Waals surface area contributed by atoms with Crippen molar-refractivity contribution in [2.45, 2.75) is 31.2 Å². The summed E-state index contributed by atoms with van der Waals surface area (Å²) in [7, 11) is 0. The second kappa shape index (κ2) is 4.69. The van der Waals surface area contributed by atoms with Crippen LogP contribution in [0.5, 0.6) is 0 Å². The number of aromatic nitrogens is 3. The Balaban J connectivity index is 1.88. The monoisotopic (exact) mass is 265 g/mol. The van der Waals surface area contributed by atoms with Crippen molar-refractivity contribution in [1.29, 1.82) is 0 Å². The van der Waals surface area contributed by atoms with Crippen LogP contribution in [0.4, 0.5) is 4.39 Å². The highest BCUT2D eigenvalue weighted by molar-refractivity contribution is 6.16. The molecule has 0 radical (unpaired) electrons. The molecule has 5 heteroatoms. The Morgan fingerprint density at radius 1 is 1.17 bits per heavy atom. The first-order valence-corrected chi connectivity index (χ1v) is 6.54. The molecular formula is C13H13ClFN3. The van der Waals surface area contributed by atoms with Gasteiger partial charge in [-0.3, -0.25) is 0 Å². The molecule has 18 heavy (non-hydrogen) atoms. The summed E-state index contributed by atoms with van der Waals surface area (Å²) in [6.07, 6.45) is 3.00. The maximum atomic E-state index is 12.9. The quantitative estimate of drug-likeness (QED) is 0.796. The van der Waals surface area contributed by atoms with E-state index in [4.69, 9.17) is 11.6 Å². The maximum Gasteiger partial charge on any atom is 0.148 e. The van der Waals surface area contributed by atoms with Crippen molar-refractivity contribution in [2.24, 2.45) is 0 Å². The van der Waals surface area contributed by atoms with Gasteiger partial charge in [-0.05, 0) is 30.5 Å². The SMILES string of the molecule is Fc1ccc(Cc2nnc(CCl)n2C2CC2)cc1. The van der Waals surface area contributed by atoms with Gasteiger partial charge < -0.3 is 4.57 Å². The Hall–Kier alpha value is -1.42. The minimum absolute atomic E-state index is 0.219. The molecule has 1 aromatic heterocycles. The molecule has 0 spiro atoms. The first kappa shape index (κ1) is 11.7. The second-order valence-corrected chi connectivity index (χ2v) is 4.84. The van der Waals surface area contributed by atoms with Gasteiger partial charge in [-0.2, -0.15) is 0 Å². The number of nitrogens with zero attached hydrogens (tertiary/aromatic N) is 3. The van der Waals surface area contributed by atoms with E-state index in [2.05, 4.69) is 14.8 Å². The average Bonchev–Trinajstić information content (AvgIpc) is 3.14. The Morgan fingerprint density at radius 3 is 2.44 bits per heavy atom. The topological polar surface area (TPSA) is 30.7 Å². The maximum absolute atomic E-state index is 12.9. The lowest BCUT2D eigenvalue weighted by Gasteiger charge is -2.07. The van der Waals surface area contributed by atoms with Gasteiger partial charge in [0.1, 0.15) is 17.5 Å². The summed E-state index contributed by atoms with van der Waals surface area (Å²) in [4.78, 5) is 0. The molecule has 1 heterocycles. The summed E-state index contributed by atoms with van der Waals surface area (Å²) in [6.45, 7) is 0. The van der Waals surface area contributed by atoms with E-state index >= 15 is 0 Å². The zero-order valence-electron chi connectivity index (χ0n) is 9.81. The zero-order chi connectivity index (χ0) is 12.5. The van der Waals surface area contributed by atoms with Crippen LogP contribution in [-0.2, 0) is 12.3 Å². The highest BCUT2D eigenvalue weighted by atomic mass is 35.5. The predicted octanol–water partition coefficient (Wildman–Crippen LogP) is 3.08. The van der Waals surface area contributed by atoms with Crippen LogP contribution < -0.4 is 0 Å². The third kappa shape index (κ3) is 2.25. The van der Waals surface area contributed by atoms with Crippen LogP contribution in [0.2, 0.25) is 0 Å². The van der Waals surface area contributed by atoms with Crippen molar-refractivity contribution in [3.05, 3.63) is 47.3 Å². The van der Waals surface area contributed by atoms with Crippen LogP contribution in [0.1, 0.15) is 36.1 Å². The molecule has 0 bridgehead atoms. The van der Waals surface area contributed by atoms with Crippen molar-refractivity contribution < 1.29 is 4.39 Å². The standard InChI is InChI=1S/C13H13ClFN3/c14-8-13-17-16-12(18(13)11-5-6-11)7-9-1-3-10(15)4-2-9/h1-4,11H,5-8H2. The molecule has 3 rings (SSSR count). The molecule has 3 nitrogen and oxygen atoms in total. The van der Waals surface area contributed by atoms with E-state index in [0.717, 1.165) is 17.2 Å². The van der Waals surface area contributed by atoms with Gasteiger partial charge in [0.15, 0.2) is 0 Å². The molecule has 1 aliphatic rings. The molecular weight excluding hydrogens is 253 g/mol. The van der Waals surface area contributed by atoms with Gasteiger partial charge in [-0.15, -0.1) is 21.8 Å². The summed E-state index contributed by atoms with van der Waals surface area (Å²) >= 11 is 5.87. The van der Waals surface area contributed by atoms with Crippen LogP contribution in [0, 0.1) is 5.82 Å². The van der Waals surface area contributed by atoms with E-state index in [-0.39, 0.29) is 5.82 Å². The lowest BCUT2D eigenvalue weighted by molar-refractivity contribution is 0.626. The van der Waals surface area contributed by atoms with E-state index < -0.39 is 0 Å². The lowest BCUT2D eigenvalue weighted by atomic mass is 10.1. The van der Waals surface area contributed by atoms with Gasteiger partial charge in [0.25, 0.3) is 0 Å². The minimum Gasteiger partial charge on any atom is -0.311 e. The number of halogens is 2. The average molecular weight is 266 g/mol. The van der Waals surface area contributed by atoms with Gasteiger partial charge in [0.05, 0.1) is 5.88 Å². The summed E-state index contributed by atoms with van der Waals surface area (Å²) < 4.78 is 15.0. The molecule has 0 atom stereocenters. The van der Waals surface area contributed by atoms with Gasteiger partial charge in [-0.25, -0.2) is 4.39 Å². The van der Waals surface area contributed by atoms with Crippen LogP contribution in [0.3, 0.4) is 0 Å². The number of alkyl halides is 1. The zero-order valence-corrected chi connectivity index (χ0v) is 10.6. The van der Waals surface area contributed by atoms with Crippen LogP contribution >= 0.6 is 11.6 Å². The molecule has 0 amide bonds. The van der Waals surface area contributed by atoms with E-state index in [1.807, 2.05) is 0 Å². The molecule has 0 saturated heterocycles. The predicted molar refractivity (Wildman–Crippen MR) is 67.1 cm³/mol. The fraction of sp³-hybridized carbons (Fsp3) is 0.385. The van der Waals surface area contributed by atoms with Crippen molar-refractivity contribution in [3.63, 3.8) is 0 Å². The van der Waals surface area contributed by atoms with E-state index in [1.165, 1.54) is 25.0 Å². The summed E-state index contributed by atoms with van der Waals surface area (Å²) in [5.41, 5.74) is 1.03. The number of benzene rings is 1. The molecule has 2 aromatic rings. The molecule has 94 valence electrons. The largest absolute Gasteiger partial charge is 0.311 e. The number of hydrogen-bond donors (Lipinski definition) is 0. The molecule has 0 N–H and O–H groups in total. The fourth-order valence-electron chi connectivity index (χ4n) is 2.11. The summed E-state index contributed by atoms with van der Waals surface area (Å²) in [5, 5.41) is 8.32. The van der Waals surface area contributed by atoms with Crippen LogP contribution in [0.15, 0.2) is 24.3 Å². The van der Waals surface area contributed by atoms with E-state index in [0.29, 0.717) is 18.3 Å². The van der Waals surface area contributed by atoms with Crippen LogP contribution in [-0.4, -0.2) is 14.8 Å². The van der Waals surface area contributed by atoms with Gasteiger partial charge in [-0.1, -0.05) is 12.1 Å². The number of hydrogen-bond acceptors (Lipinski definition) is 2. The highest BCUT2D eigenvalue weighted by Gasteiger charge is 2.28. The van der Waals surface area contributed by atoms with Gasteiger partial charge in [0, 0.05) is 12.5 Å². The first-order valence-electron chi connectivity index (χ1n) is 6.01. The Labute approximate surface area is 110 Å².